The number of nitrogens with zero attached hydrogens (tertiary/aromatic N) is 1. The summed E-state index contributed by atoms with van der Waals surface area (Å²) in [6.45, 7) is 2.96. The minimum absolute atomic E-state index is 0.439. The van der Waals surface area contributed by atoms with Crippen LogP contribution in [0.4, 0.5) is 0 Å². The molecule has 5 heteroatoms. The highest BCUT2D eigenvalue weighted by molar-refractivity contribution is 7.71. The van der Waals surface area contributed by atoms with Gasteiger partial charge in [0.25, 0.3) is 5.91 Å². The Morgan fingerprint density at radius 2 is 2.38 bits per heavy atom. The molecule has 0 atom stereocenters. The van der Waals surface area contributed by atoms with Gasteiger partial charge in [-0.1, -0.05) is 19.1 Å². The summed E-state index contributed by atoms with van der Waals surface area (Å²) in [4.78, 5) is 12.4. The van der Waals surface area contributed by atoms with Crippen LogP contribution in [0.1, 0.15) is 23.7 Å². The summed E-state index contributed by atoms with van der Waals surface area (Å²) in [7, 11) is 0. The van der Waals surface area contributed by atoms with E-state index < -0.39 is 5.91 Å². The van der Waals surface area contributed by atoms with Crippen LogP contribution in [0.3, 0.4) is 0 Å². The zero-order chi connectivity index (χ0) is 11.7. The molecule has 0 aliphatic rings. The normalized spacial score (nSPS) is 10.8. The molecule has 0 aromatic carbocycles. The smallest absolute Gasteiger partial charge is 0.251 e. The first-order chi connectivity index (χ1) is 7.65. The molecule has 0 radical (unpaired) electrons. The Morgan fingerprint density at radius 3 is 3.00 bits per heavy atom. The van der Waals surface area contributed by atoms with E-state index in [0.717, 1.165) is 23.2 Å². The van der Waals surface area contributed by atoms with Crippen LogP contribution in [0.2, 0.25) is 0 Å². The number of primary amides is 1. The van der Waals surface area contributed by atoms with Gasteiger partial charge in [-0.3, -0.25) is 4.79 Å². The maximum atomic E-state index is 11.3. The van der Waals surface area contributed by atoms with E-state index in [1.165, 1.54) is 0 Å². The molecule has 0 bridgehead atoms. The molecule has 16 heavy (non-hydrogen) atoms. The minimum Gasteiger partial charge on any atom is -0.366 e. The SMILES string of the molecule is CCCn1cc(C(N)=O)c(=S)c2ccsc21. The van der Waals surface area contributed by atoms with Crippen LogP contribution in [0.25, 0.3) is 10.2 Å². The molecule has 3 nitrogen and oxygen atoms in total. The summed E-state index contributed by atoms with van der Waals surface area (Å²) in [6.07, 6.45) is 2.78. The number of nitrogens with two attached hydrogens (primary N) is 1. The molecule has 0 aliphatic carbocycles. The second-order valence-corrected chi connectivity index (χ2v) is 4.87. The van der Waals surface area contributed by atoms with Gasteiger partial charge < -0.3 is 10.3 Å². The number of thiophene rings is 1. The van der Waals surface area contributed by atoms with E-state index in [4.69, 9.17) is 18.0 Å². The number of rotatable bonds is 3. The van der Waals surface area contributed by atoms with Crippen molar-refractivity contribution in [3.05, 3.63) is 27.7 Å². The van der Waals surface area contributed by atoms with Crippen LogP contribution in [-0.2, 0) is 6.54 Å². The van der Waals surface area contributed by atoms with Gasteiger partial charge in [-0.15, -0.1) is 11.3 Å². The van der Waals surface area contributed by atoms with Gasteiger partial charge in [0.15, 0.2) is 0 Å². The molecule has 0 saturated heterocycles. The number of hydrogen-bond acceptors (Lipinski definition) is 3. The highest BCUT2D eigenvalue weighted by atomic mass is 32.1. The lowest BCUT2D eigenvalue weighted by atomic mass is 10.2. The molecule has 0 fully saturated rings. The molecule has 2 aromatic rings. The van der Waals surface area contributed by atoms with Gasteiger partial charge in [-0.2, -0.15) is 0 Å². The van der Waals surface area contributed by atoms with Crippen LogP contribution in [0, 0.1) is 4.51 Å². The molecular weight excluding hydrogens is 240 g/mol. The maximum Gasteiger partial charge on any atom is 0.251 e. The van der Waals surface area contributed by atoms with Gasteiger partial charge >= 0.3 is 0 Å². The third-order valence-corrected chi connectivity index (χ3v) is 3.80. The zero-order valence-corrected chi connectivity index (χ0v) is 10.5. The van der Waals surface area contributed by atoms with E-state index in [2.05, 4.69) is 11.5 Å². The number of aromatic nitrogens is 1. The van der Waals surface area contributed by atoms with Crippen molar-refractivity contribution < 1.29 is 4.79 Å². The summed E-state index contributed by atoms with van der Waals surface area (Å²) in [5, 5.41) is 2.93. The van der Waals surface area contributed by atoms with Crippen molar-refractivity contribution in [1.29, 1.82) is 0 Å². The Kier molecular flexibility index (Phi) is 3.07. The lowest BCUT2D eigenvalue weighted by molar-refractivity contribution is 0.0999. The van der Waals surface area contributed by atoms with Crippen molar-refractivity contribution in [3.8, 4) is 0 Å². The van der Waals surface area contributed by atoms with Crippen LogP contribution in [-0.4, -0.2) is 10.5 Å². The summed E-state index contributed by atoms with van der Waals surface area (Å²) in [5.74, 6) is -0.456. The molecule has 0 aliphatic heterocycles. The summed E-state index contributed by atoms with van der Waals surface area (Å²) >= 11 is 6.89. The lowest BCUT2D eigenvalue weighted by Crippen LogP contribution is -2.14. The van der Waals surface area contributed by atoms with Gasteiger partial charge in [-0.05, 0) is 17.9 Å². The number of aryl methyl sites for hydroxylation is 1. The van der Waals surface area contributed by atoms with Crippen LogP contribution >= 0.6 is 23.6 Å². The fraction of sp³-hybridized carbons (Fsp3) is 0.273. The highest BCUT2D eigenvalue weighted by Crippen LogP contribution is 2.24. The van der Waals surface area contributed by atoms with Gasteiger partial charge in [0.1, 0.15) is 4.83 Å². The van der Waals surface area contributed by atoms with Crippen LogP contribution < -0.4 is 5.73 Å². The first-order valence-electron chi connectivity index (χ1n) is 5.05. The predicted molar refractivity (Wildman–Crippen MR) is 69.5 cm³/mol. The second kappa shape index (κ2) is 4.35. The van der Waals surface area contributed by atoms with E-state index in [1.807, 2.05) is 11.4 Å². The summed E-state index contributed by atoms with van der Waals surface area (Å²) in [5.41, 5.74) is 5.76. The van der Waals surface area contributed by atoms with Crippen molar-refractivity contribution in [2.24, 2.45) is 5.73 Å². The molecule has 2 rings (SSSR count). The lowest BCUT2D eigenvalue weighted by Gasteiger charge is -2.09. The zero-order valence-electron chi connectivity index (χ0n) is 8.90. The Labute approximate surface area is 103 Å². The average Bonchev–Trinajstić information content (AvgIpc) is 2.71. The molecule has 2 aromatic heterocycles. The Morgan fingerprint density at radius 1 is 1.62 bits per heavy atom. The molecule has 2 N–H and O–H groups in total. The van der Waals surface area contributed by atoms with E-state index in [9.17, 15) is 4.79 Å². The molecule has 1 amide bonds. The van der Waals surface area contributed by atoms with Gasteiger partial charge in [0, 0.05) is 18.1 Å². The van der Waals surface area contributed by atoms with E-state index in [1.54, 1.807) is 17.5 Å². The number of pyridine rings is 1. The maximum absolute atomic E-state index is 11.3. The van der Waals surface area contributed by atoms with E-state index in [0.29, 0.717) is 10.1 Å². The quantitative estimate of drug-likeness (QED) is 0.854. The Balaban J connectivity index is 2.80. The van der Waals surface area contributed by atoms with Gasteiger partial charge in [0.2, 0.25) is 0 Å². The molecule has 2 heterocycles. The molecule has 84 valence electrons. The highest BCUT2D eigenvalue weighted by Gasteiger charge is 2.10. The first-order valence-corrected chi connectivity index (χ1v) is 6.34. The molecule has 0 saturated carbocycles. The van der Waals surface area contributed by atoms with Crippen molar-refractivity contribution in [1.82, 2.24) is 4.57 Å². The minimum atomic E-state index is -0.456. The van der Waals surface area contributed by atoms with Gasteiger partial charge in [0.05, 0.1) is 10.1 Å². The van der Waals surface area contributed by atoms with Crippen molar-refractivity contribution >= 4 is 39.7 Å². The van der Waals surface area contributed by atoms with Crippen molar-refractivity contribution in [2.75, 3.05) is 0 Å². The van der Waals surface area contributed by atoms with Gasteiger partial charge in [-0.25, -0.2) is 0 Å². The second-order valence-electron chi connectivity index (χ2n) is 3.57. The van der Waals surface area contributed by atoms with Crippen LogP contribution in [0.5, 0.6) is 0 Å². The fourth-order valence-corrected chi connectivity index (χ4v) is 2.99. The Bertz CT molecular complexity index is 598. The first kappa shape index (κ1) is 11.3. The topological polar surface area (TPSA) is 48.0 Å². The summed E-state index contributed by atoms with van der Waals surface area (Å²) < 4.78 is 2.62. The Hall–Kier alpha value is -1.20. The van der Waals surface area contributed by atoms with Crippen LogP contribution in [0.15, 0.2) is 17.6 Å². The number of fused-ring (bicyclic) bond motifs is 1. The standard InChI is InChI=1S/C11H12N2OS2/c1-2-4-13-6-8(10(12)14)9(15)7-3-5-16-11(7)13/h3,5-6H,2,4H2,1H3,(H2,12,14). The summed E-state index contributed by atoms with van der Waals surface area (Å²) in [6, 6.07) is 1.95. The number of amides is 1. The average molecular weight is 252 g/mol. The molecule has 0 unspecified atom stereocenters. The number of carbonyl (C=O) groups excluding carboxylic acids is 1. The number of carbonyl (C=O) groups is 1. The third-order valence-electron chi connectivity index (χ3n) is 2.41. The third kappa shape index (κ3) is 1.76. The predicted octanol–water partition coefficient (Wildman–Crippen LogP) is 2.94. The molecular formula is C11H12N2OS2. The molecule has 0 spiro atoms. The largest absolute Gasteiger partial charge is 0.366 e. The monoisotopic (exact) mass is 252 g/mol. The number of hydrogen-bond donors (Lipinski definition) is 1. The van der Waals surface area contributed by atoms with E-state index in [-0.39, 0.29) is 0 Å². The van der Waals surface area contributed by atoms with Crippen molar-refractivity contribution in [3.63, 3.8) is 0 Å². The van der Waals surface area contributed by atoms with E-state index >= 15 is 0 Å². The fourth-order valence-electron chi connectivity index (χ4n) is 1.70. The van der Waals surface area contributed by atoms with Crippen molar-refractivity contribution in [2.45, 2.75) is 19.9 Å².